The zero-order chi connectivity index (χ0) is 20.7. The Kier molecular flexibility index (Phi) is 5.12. The highest BCUT2D eigenvalue weighted by atomic mass is 16.3. The molecule has 3 nitrogen and oxygen atoms in total. The van der Waals surface area contributed by atoms with Crippen LogP contribution >= 0.6 is 0 Å². The van der Waals surface area contributed by atoms with Crippen LogP contribution in [0.5, 0.6) is 17.2 Å². The summed E-state index contributed by atoms with van der Waals surface area (Å²) in [7, 11) is 0. The Balaban J connectivity index is 2.32. The minimum atomic E-state index is -0.222. The summed E-state index contributed by atoms with van der Waals surface area (Å²) in [6.07, 6.45) is 0. The first-order valence-corrected chi connectivity index (χ1v) is 9.50. The van der Waals surface area contributed by atoms with E-state index in [1.54, 1.807) is 18.2 Å². The lowest BCUT2D eigenvalue weighted by Gasteiger charge is -2.23. The van der Waals surface area contributed by atoms with Gasteiger partial charge in [-0.15, -0.1) is 0 Å². The number of benzene rings is 3. The van der Waals surface area contributed by atoms with Crippen LogP contribution in [0.2, 0.25) is 0 Å². The van der Waals surface area contributed by atoms with Crippen molar-refractivity contribution in [1.29, 1.82) is 0 Å². The Morgan fingerprint density at radius 3 is 0.929 bits per heavy atom. The Labute approximate surface area is 166 Å². The smallest absolute Gasteiger partial charge is 0.119 e. The van der Waals surface area contributed by atoms with E-state index >= 15 is 0 Å². The first kappa shape index (κ1) is 19.8. The molecule has 0 aliphatic heterocycles. The minimum absolute atomic E-state index is 0.222. The van der Waals surface area contributed by atoms with Crippen molar-refractivity contribution >= 4 is 0 Å². The van der Waals surface area contributed by atoms with Gasteiger partial charge in [-0.3, -0.25) is 0 Å². The van der Waals surface area contributed by atoms with Gasteiger partial charge in [-0.25, -0.2) is 0 Å². The van der Waals surface area contributed by atoms with Crippen molar-refractivity contribution in [3.8, 4) is 17.2 Å². The Morgan fingerprint density at radius 1 is 0.464 bits per heavy atom. The van der Waals surface area contributed by atoms with Crippen molar-refractivity contribution in [2.45, 2.75) is 47.5 Å². The summed E-state index contributed by atoms with van der Waals surface area (Å²) in [5, 5.41) is 31.3. The van der Waals surface area contributed by atoms with E-state index in [0.29, 0.717) is 0 Å². The number of hydrogen-bond acceptors (Lipinski definition) is 3. The van der Waals surface area contributed by atoms with Crippen LogP contribution in [0.1, 0.15) is 56.0 Å². The van der Waals surface area contributed by atoms with Gasteiger partial charge in [-0.05, 0) is 110 Å². The van der Waals surface area contributed by atoms with Gasteiger partial charge in [0, 0.05) is 5.92 Å². The SMILES string of the molecule is Cc1cc(C(c2cc(C)c(C)c(O)c2)c2cc(C)c(C)c(O)c2)cc(O)c1C. The van der Waals surface area contributed by atoms with Gasteiger partial charge in [0.05, 0.1) is 0 Å². The summed E-state index contributed by atoms with van der Waals surface area (Å²) < 4.78 is 0. The average Bonchev–Trinajstić information content (AvgIpc) is 2.62. The van der Waals surface area contributed by atoms with Crippen molar-refractivity contribution in [2.75, 3.05) is 0 Å². The Morgan fingerprint density at radius 2 is 0.714 bits per heavy atom. The molecule has 3 heteroatoms. The molecule has 0 spiro atoms. The second kappa shape index (κ2) is 7.23. The second-order valence-corrected chi connectivity index (χ2v) is 7.88. The molecule has 0 aliphatic carbocycles. The standard InChI is InChI=1S/C25H28O3/c1-13-7-19(10-22(26)16(13)4)25(20-8-14(2)17(5)23(27)11-20)21-9-15(3)18(6)24(28)12-21/h7-12,25-28H,1-6H3. The fraction of sp³-hybridized carbons (Fsp3) is 0.280. The highest BCUT2D eigenvalue weighted by Gasteiger charge is 2.22. The van der Waals surface area contributed by atoms with Gasteiger partial charge in [0.15, 0.2) is 0 Å². The van der Waals surface area contributed by atoms with Crippen molar-refractivity contribution in [1.82, 2.24) is 0 Å². The third-order valence-corrected chi connectivity index (χ3v) is 5.99. The van der Waals surface area contributed by atoms with Crippen LogP contribution in [0.15, 0.2) is 36.4 Å². The predicted octanol–water partition coefficient (Wildman–Crippen LogP) is 5.83. The molecule has 0 atom stereocenters. The maximum atomic E-state index is 10.4. The molecule has 0 radical (unpaired) electrons. The largest absolute Gasteiger partial charge is 0.508 e. The Hall–Kier alpha value is -2.94. The van der Waals surface area contributed by atoms with Crippen LogP contribution in [0.3, 0.4) is 0 Å². The van der Waals surface area contributed by atoms with E-state index in [-0.39, 0.29) is 23.2 Å². The highest BCUT2D eigenvalue weighted by molar-refractivity contribution is 5.55. The third kappa shape index (κ3) is 3.45. The average molecular weight is 376 g/mol. The summed E-state index contributed by atoms with van der Waals surface area (Å²) in [6.45, 7) is 11.6. The van der Waals surface area contributed by atoms with Gasteiger partial charge in [0.1, 0.15) is 17.2 Å². The summed E-state index contributed by atoms with van der Waals surface area (Å²) in [6, 6.07) is 11.6. The molecule has 0 bridgehead atoms. The monoisotopic (exact) mass is 376 g/mol. The van der Waals surface area contributed by atoms with E-state index in [1.165, 1.54) is 0 Å². The van der Waals surface area contributed by atoms with E-state index < -0.39 is 0 Å². The maximum absolute atomic E-state index is 10.4. The van der Waals surface area contributed by atoms with Crippen LogP contribution in [-0.2, 0) is 0 Å². The predicted molar refractivity (Wildman–Crippen MR) is 114 cm³/mol. The summed E-state index contributed by atoms with van der Waals surface area (Å²) in [5.74, 6) is 0.531. The number of phenols is 3. The van der Waals surface area contributed by atoms with Crippen molar-refractivity contribution in [3.63, 3.8) is 0 Å². The molecule has 0 unspecified atom stereocenters. The van der Waals surface area contributed by atoms with Gasteiger partial charge in [-0.2, -0.15) is 0 Å². The molecule has 0 fully saturated rings. The van der Waals surface area contributed by atoms with Crippen molar-refractivity contribution in [2.24, 2.45) is 0 Å². The van der Waals surface area contributed by atoms with E-state index in [0.717, 1.165) is 50.1 Å². The van der Waals surface area contributed by atoms with Gasteiger partial charge in [0.2, 0.25) is 0 Å². The van der Waals surface area contributed by atoms with Crippen LogP contribution in [-0.4, -0.2) is 15.3 Å². The van der Waals surface area contributed by atoms with Gasteiger partial charge >= 0.3 is 0 Å². The van der Waals surface area contributed by atoms with E-state index in [9.17, 15) is 15.3 Å². The molecule has 0 amide bonds. The molecule has 146 valence electrons. The number of aromatic hydroxyl groups is 3. The molecule has 0 aliphatic rings. The van der Waals surface area contributed by atoms with Crippen molar-refractivity contribution in [3.05, 3.63) is 86.5 Å². The first-order chi connectivity index (χ1) is 13.1. The van der Waals surface area contributed by atoms with Gasteiger partial charge in [-0.1, -0.05) is 18.2 Å². The van der Waals surface area contributed by atoms with Crippen molar-refractivity contribution < 1.29 is 15.3 Å². The van der Waals surface area contributed by atoms with Crippen LogP contribution in [0, 0.1) is 41.5 Å². The molecule has 28 heavy (non-hydrogen) atoms. The normalized spacial score (nSPS) is 11.2. The number of aryl methyl sites for hydroxylation is 3. The lowest BCUT2D eigenvalue weighted by atomic mass is 9.81. The fourth-order valence-electron chi connectivity index (χ4n) is 3.68. The number of phenolic OH excluding ortho intramolecular Hbond substituents is 3. The zero-order valence-electron chi connectivity index (χ0n) is 17.4. The summed E-state index contributed by atoms with van der Waals surface area (Å²) in [5.41, 5.74) is 8.33. The molecule has 3 aromatic rings. The quantitative estimate of drug-likeness (QED) is 0.504. The van der Waals surface area contributed by atoms with Gasteiger partial charge in [0.25, 0.3) is 0 Å². The van der Waals surface area contributed by atoms with Crippen LogP contribution in [0.4, 0.5) is 0 Å². The fourth-order valence-corrected chi connectivity index (χ4v) is 3.68. The molecular formula is C25H28O3. The molecule has 3 aromatic carbocycles. The molecular weight excluding hydrogens is 348 g/mol. The first-order valence-electron chi connectivity index (χ1n) is 9.50. The van der Waals surface area contributed by atoms with Crippen LogP contribution in [0.25, 0.3) is 0 Å². The lowest BCUT2D eigenvalue weighted by molar-refractivity contribution is 0.468. The van der Waals surface area contributed by atoms with E-state index in [1.807, 2.05) is 41.5 Å². The van der Waals surface area contributed by atoms with E-state index in [2.05, 4.69) is 18.2 Å². The van der Waals surface area contributed by atoms with E-state index in [4.69, 9.17) is 0 Å². The molecule has 0 saturated heterocycles. The summed E-state index contributed by atoms with van der Waals surface area (Å²) in [4.78, 5) is 0. The second-order valence-electron chi connectivity index (χ2n) is 7.88. The maximum Gasteiger partial charge on any atom is 0.119 e. The Bertz CT molecular complexity index is 858. The lowest BCUT2D eigenvalue weighted by Crippen LogP contribution is -2.06. The highest BCUT2D eigenvalue weighted by Crippen LogP contribution is 2.40. The zero-order valence-corrected chi connectivity index (χ0v) is 17.4. The topological polar surface area (TPSA) is 60.7 Å². The molecule has 0 heterocycles. The molecule has 3 N–H and O–H groups in total. The minimum Gasteiger partial charge on any atom is -0.508 e. The molecule has 3 rings (SSSR count). The number of hydrogen-bond donors (Lipinski definition) is 3. The molecule has 0 aromatic heterocycles. The molecule has 0 saturated carbocycles. The third-order valence-electron chi connectivity index (χ3n) is 5.99. The van der Waals surface area contributed by atoms with Gasteiger partial charge < -0.3 is 15.3 Å². The summed E-state index contributed by atoms with van der Waals surface area (Å²) >= 11 is 0. The van der Waals surface area contributed by atoms with Crippen LogP contribution < -0.4 is 0 Å². The number of rotatable bonds is 3.